The zero-order chi connectivity index (χ0) is 13.9. The molecule has 0 saturated heterocycles. The molecule has 1 aromatic heterocycles. The van der Waals surface area contributed by atoms with Crippen LogP contribution in [0.2, 0.25) is 0 Å². The maximum absolute atomic E-state index is 12.4. The second-order valence-electron chi connectivity index (χ2n) is 3.65. The van der Waals surface area contributed by atoms with Gasteiger partial charge in [-0.25, -0.2) is 0 Å². The molecular formula is C13H16F3NS. The minimum Gasteiger partial charge on any atom is -0.398 e. The van der Waals surface area contributed by atoms with Crippen molar-refractivity contribution in [2.24, 2.45) is 0 Å². The minimum atomic E-state index is -4.18. The van der Waals surface area contributed by atoms with Gasteiger partial charge in [-0.05, 0) is 23.9 Å². The summed E-state index contributed by atoms with van der Waals surface area (Å²) in [5, 5.41) is 0.625. The summed E-state index contributed by atoms with van der Waals surface area (Å²) in [6.07, 6.45) is -5.06. The van der Waals surface area contributed by atoms with Gasteiger partial charge in [-0.2, -0.15) is 13.2 Å². The fourth-order valence-corrected chi connectivity index (χ4v) is 2.83. The first kappa shape index (κ1) is 14.8. The SMILES string of the molecule is CC.Cc1sc2c(N)cccc2c1CC(F)(F)F. The molecule has 100 valence electrons. The van der Waals surface area contributed by atoms with Gasteiger partial charge in [-0.3, -0.25) is 0 Å². The lowest BCUT2D eigenvalue weighted by atomic mass is 10.1. The van der Waals surface area contributed by atoms with Crippen LogP contribution < -0.4 is 5.73 Å². The van der Waals surface area contributed by atoms with Gasteiger partial charge in [0, 0.05) is 10.6 Å². The molecule has 0 aliphatic carbocycles. The van der Waals surface area contributed by atoms with Crippen molar-refractivity contribution in [2.45, 2.75) is 33.4 Å². The van der Waals surface area contributed by atoms with E-state index in [4.69, 9.17) is 5.73 Å². The number of nitrogen functional groups attached to an aromatic ring is 1. The molecule has 0 radical (unpaired) electrons. The van der Waals surface area contributed by atoms with Crippen molar-refractivity contribution in [3.8, 4) is 0 Å². The van der Waals surface area contributed by atoms with Crippen LogP contribution in [0.25, 0.3) is 10.1 Å². The molecule has 0 aliphatic heterocycles. The molecule has 0 bridgehead atoms. The number of alkyl halides is 3. The van der Waals surface area contributed by atoms with E-state index in [2.05, 4.69) is 0 Å². The molecule has 5 heteroatoms. The van der Waals surface area contributed by atoms with Crippen LogP contribution in [0.4, 0.5) is 18.9 Å². The van der Waals surface area contributed by atoms with Crippen LogP contribution in [0, 0.1) is 6.92 Å². The van der Waals surface area contributed by atoms with E-state index in [1.165, 1.54) is 11.3 Å². The van der Waals surface area contributed by atoms with E-state index in [1.807, 2.05) is 13.8 Å². The Morgan fingerprint density at radius 1 is 1.22 bits per heavy atom. The average molecular weight is 275 g/mol. The fraction of sp³-hybridized carbons (Fsp3) is 0.385. The van der Waals surface area contributed by atoms with E-state index in [-0.39, 0.29) is 0 Å². The lowest BCUT2D eigenvalue weighted by Gasteiger charge is -2.06. The molecule has 18 heavy (non-hydrogen) atoms. The Bertz CT molecular complexity index is 529. The van der Waals surface area contributed by atoms with Crippen LogP contribution in [0.15, 0.2) is 18.2 Å². The molecule has 1 heterocycles. The Labute approximate surface area is 108 Å². The number of fused-ring (bicyclic) bond motifs is 1. The monoisotopic (exact) mass is 275 g/mol. The maximum atomic E-state index is 12.4. The van der Waals surface area contributed by atoms with Crippen LogP contribution in [0.5, 0.6) is 0 Å². The molecule has 1 aromatic carbocycles. The number of thiophene rings is 1. The molecule has 1 nitrogen and oxygen atoms in total. The summed E-state index contributed by atoms with van der Waals surface area (Å²) < 4.78 is 38.0. The zero-order valence-electron chi connectivity index (χ0n) is 10.6. The largest absolute Gasteiger partial charge is 0.398 e. The molecule has 2 N–H and O–H groups in total. The third-order valence-electron chi connectivity index (χ3n) is 2.43. The Kier molecular flexibility index (Phi) is 4.62. The summed E-state index contributed by atoms with van der Waals surface area (Å²) >= 11 is 1.32. The molecule has 2 aromatic rings. The van der Waals surface area contributed by atoms with Gasteiger partial charge in [0.1, 0.15) is 0 Å². The first-order valence-electron chi connectivity index (χ1n) is 5.71. The molecular weight excluding hydrogens is 259 g/mol. The van der Waals surface area contributed by atoms with Gasteiger partial charge >= 0.3 is 6.18 Å². The summed E-state index contributed by atoms with van der Waals surface area (Å²) in [4.78, 5) is 0.685. The molecule has 0 atom stereocenters. The molecule has 2 rings (SSSR count). The number of hydrogen-bond donors (Lipinski definition) is 1. The highest BCUT2D eigenvalue weighted by Gasteiger charge is 2.30. The highest BCUT2D eigenvalue weighted by atomic mass is 32.1. The summed E-state index contributed by atoms with van der Waals surface area (Å²) in [6.45, 7) is 5.70. The normalized spacial score (nSPS) is 11.2. The maximum Gasteiger partial charge on any atom is 0.393 e. The standard InChI is InChI=1S/C11H10F3NS.C2H6/c1-6-8(5-11(12,13)14)7-3-2-4-9(15)10(7)16-6;1-2/h2-4H,5,15H2,1H3;1-2H3. The quantitative estimate of drug-likeness (QED) is 0.734. The summed E-state index contributed by atoms with van der Waals surface area (Å²) in [6, 6.07) is 5.08. The van der Waals surface area contributed by atoms with Crippen molar-refractivity contribution < 1.29 is 13.2 Å². The van der Waals surface area contributed by atoms with Crippen molar-refractivity contribution in [2.75, 3.05) is 5.73 Å². The fourth-order valence-electron chi connectivity index (χ4n) is 1.73. The van der Waals surface area contributed by atoms with Crippen LogP contribution in [0.1, 0.15) is 24.3 Å². The number of benzene rings is 1. The molecule has 0 saturated carbocycles. The summed E-state index contributed by atoms with van der Waals surface area (Å²) in [5.41, 5.74) is 6.62. The lowest BCUT2D eigenvalue weighted by Crippen LogP contribution is -2.11. The van der Waals surface area contributed by atoms with Gasteiger partial charge < -0.3 is 5.73 Å². The van der Waals surface area contributed by atoms with Gasteiger partial charge in [-0.15, -0.1) is 11.3 Å². The highest BCUT2D eigenvalue weighted by molar-refractivity contribution is 7.19. The first-order valence-corrected chi connectivity index (χ1v) is 6.53. The Morgan fingerprint density at radius 2 is 1.83 bits per heavy atom. The summed E-state index contributed by atoms with van der Waals surface area (Å²) in [5.74, 6) is 0. The number of aryl methyl sites for hydroxylation is 1. The van der Waals surface area contributed by atoms with Gasteiger partial charge in [0.2, 0.25) is 0 Å². The first-order chi connectivity index (χ1) is 8.38. The molecule has 0 fully saturated rings. The zero-order valence-corrected chi connectivity index (χ0v) is 11.4. The number of halogens is 3. The Balaban J connectivity index is 0.000000771. The van der Waals surface area contributed by atoms with Gasteiger partial charge in [0.25, 0.3) is 0 Å². The second kappa shape index (κ2) is 5.61. The minimum absolute atomic E-state index is 0.347. The predicted molar refractivity (Wildman–Crippen MR) is 72.1 cm³/mol. The number of nitrogens with two attached hydrogens (primary N) is 1. The number of hydrogen-bond acceptors (Lipinski definition) is 2. The van der Waals surface area contributed by atoms with Gasteiger partial charge in [0.05, 0.1) is 11.1 Å². The summed E-state index contributed by atoms with van der Waals surface area (Å²) in [7, 11) is 0. The van der Waals surface area contributed by atoms with E-state index in [1.54, 1.807) is 25.1 Å². The van der Waals surface area contributed by atoms with E-state index < -0.39 is 12.6 Å². The Morgan fingerprint density at radius 3 is 2.39 bits per heavy atom. The topological polar surface area (TPSA) is 26.0 Å². The van der Waals surface area contributed by atoms with Crippen LogP contribution >= 0.6 is 11.3 Å². The van der Waals surface area contributed by atoms with Crippen LogP contribution in [-0.2, 0) is 6.42 Å². The van der Waals surface area contributed by atoms with Crippen molar-refractivity contribution >= 4 is 27.1 Å². The Hall–Kier alpha value is -1.23. The molecule has 0 spiro atoms. The van der Waals surface area contributed by atoms with Crippen LogP contribution in [0.3, 0.4) is 0 Å². The third kappa shape index (κ3) is 3.16. The smallest absolute Gasteiger partial charge is 0.393 e. The highest BCUT2D eigenvalue weighted by Crippen LogP contribution is 2.37. The average Bonchev–Trinajstić information content (AvgIpc) is 2.59. The second-order valence-corrected chi connectivity index (χ2v) is 4.88. The van der Waals surface area contributed by atoms with Gasteiger partial charge in [0.15, 0.2) is 0 Å². The predicted octanol–water partition coefficient (Wildman–Crippen LogP) is 4.92. The van der Waals surface area contributed by atoms with Crippen molar-refractivity contribution in [3.05, 3.63) is 28.6 Å². The van der Waals surface area contributed by atoms with E-state index >= 15 is 0 Å². The van der Waals surface area contributed by atoms with E-state index in [0.29, 0.717) is 21.5 Å². The molecule has 0 unspecified atom stereocenters. The van der Waals surface area contributed by atoms with Crippen molar-refractivity contribution in [1.29, 1.82) is 0 Å². The number of anilines is 1. The van der Waals surface area contributed by atoms with Crippen molar-refractivity contribution in [3.63, 3.8) is 0 Å². The lowest BCUT2D eigenvalue weighted by molar-refractivity contribution is -0.127. The van der Waals surface area contributed by atoms with Gasteiger partial charge in [-0.1, -0.05) is 26.0 Å². The third-order valence-corrected chi connectivity index (χ3v) is 3.64. The van der Waals surface area contributed by atoms with Crippen LogP contribution in [-0.4, -0.2) is 6.18 Å². The molecule has 0 aliphatic rings. The van der Waals surface area contributed by atoms with Crippen molar-refractivity contribution in [1.82, 2.24) is 0 Å². The van der Waals surface area contributed by atoms with E-state index in [0.717, 1.165) is 4.70 Å². The van der Waals surface area contributed by atoms with E-state index in [9.17, 15) is 13.2 Å². The number of rotatable bonds is 1. The molecule has 0 amide bonds.